The molecular weight excluding hydrogens is 514 g/mol. The molecule has 0 aromatic heterocycles. The first-order valence-electron chi connectivity index (χ1n) is 14.8. The van der Waals surface area contributed by atoms with Crippen LogP contribution in [0, 0.1) is 5.92 Å². The van der Waals surface area contributed by atoms with Gasteiger partial charge in [0, 0.05) is 69.1 Å². The molecule has 0 saturated carbocycles. The molecule has 0 spiro atoms. The minimum absolute atomic E-state index is 0.0517. The molecule has 1 aliphatic heterocycles. The van der Waals surface area contributed by atoms with Crippen molar-refractivity contribution in [3.63, 3.8) is 0 Å². The Morgan fingerprint density at radius 3 is 2.49 bits per heavy atom. The summed E-state index contributed by atoms with van der Waals surface area (Å²) in [4.78, 5) is 27.7. The van der Waals surface area contributed by atoms with Gasteiger partial charge in [-0.05, 0) is 70.2 Å². The number of carbonyl (C=O) groups excluding carboxylic acids is 2. The van der Waals surface area contributed by atoms with Crippen LogP contribution in [0.25, 0.3) is 0 Å². The highest BCUT2D eigenvalue weighted by atomic mass is 16.5. The summed E-state index contributed by atoms with van der Waals surface area (Å²) < 4.78 is 5.54. The van der Waals surface area contributed by atoms with Crippen molar-refractivity contribution in [2.24, 2.45) is 11.0 Å². The van der Waals surface area contributed by atoms with Crippen LogP contribution in [0.1, 0.15) is 52.5 Å². The number of hydrogen-bond acceptors (Lipinski definition) is 7. The van der Waals surface area contributed by atoms with E-state index >= 15 is 0 Å². The maximum atomic E-state index is 13.3. The van der Waals surface area contributed by atoms with Crippen molar-refractivity contribution < 1.29 is 14.3 Å². The summed E-state index contributed by atoms with van der Waals surface area (Å²) in [5.41, 5.74) is 6.19. The number of nitrogens with zero attached hydrogens (tertiary/aromatic N) is 3. The summed E-state index contributed by atoms with van der Waals surface area (Å²) in [6.45, 7) is 15.8. The van der Waals surface area contributed by atoms with Gasteiger partial charge in [0.1, 0.15) is 6.29 Å². The van der Waals surface area contributed by atoms with Crippen molar-refractivity contribution in [1.82, 2.24) is 15.6 Å². The number of anilines is 1. The summed E-state index contributed by atoms with van der Waals surface area (Å²) in [5.74, 6) is -0.486. The molecule has 1 amide bonds. The summed E-state index contributed by atoms with van der Waals surface area (Å²) in [6.07, 6.45) is 10.1. The molecule has 2 aliphatic rings. The van der Waals surface area contributed by atoms with Gasteiger partial charge in [-0.15, -0.1) is 0 Å². The largest absolute Gasteiger partial charge is 0.388 e. The molecule has 8 heteroatoms. The van der Waals surface area contributed by atoms with E-state index in [0.29, 0.717) is 31.0 Å². The Balaban J connectivity index is 1.75. The van der Waals surface area contributed by atoms with Crippen LogP contribution >= 0.6 is 0 Å². The number of carbonyl (C=O) groups is 2. The van der Waals surface area contributed by atoms with Gasteiger partial charge in [0.15, 0.2) is 0 Å². The van der Waals surface area contributed by atoms with E-state index in [4.69, 9.17) is 4.74 Å². The Bertz CT molecular complexity index is 1180. The first-order valence-corrected chi connectivity index (χ1v) is 14.8. The number of nitrogens with one attached hydrogen (secondary N) is 2. The number of hydrogen-bond donors (Lipinski definition) is 2. The van der Waals surface area contributed by atoms with E-state index in [1.165, 1.54) is 11.3 Å². The Labute approximate surface area is 245 Å². The summed E-state index contributed by atoms with van der Waals surface area (Å²) >= 11 is 0. The third kappa shape index (κ3) is 8.19. The molecule has 1 aliphatic carbocycles. The van der Waals surface area contributed by atoms with Gasteiger partial charge in [0.25, 0.3) is 0 Å². The van der Waals surface area contributed by atoms with Crippen molar-refractivity contribution in [1.29, 1.82) is 0 Å². The highest BCUT2D eigenvalue weighted by Gasteiger charge is 2.29. The van der Waals surface area contributed by atoms with Crippen LogP contribution in [0.5, 0.6) is 0 Å². The van der Waals surface area contributed by atoms with E-state index in [-0.39, 0.29) is 11.9 Å². The molecule has 1 aromatic carbocycles. The van der Waals surface area contributed by atoms with Gasteiger partial charge in [-0.2, -0.15) is 5.10 Å². The van der Waals surface area contributed by atoms with Gasteiger partial charge in [-0.3, -0.25) is 14.6 Å². The zero-order valence-corrected chi connectivity index (χ0v) is 25.4. The predicted octanol–water partition coefficient (Wildman–Crippen LogP) is 4.76. The Morgan fingerprint density at radius 1 is 1.20 bits per heavy atom. The van der Waals surface area contributed by atoms with E-state index in [2.05, 4.69) is 65.5 Å². The molecule has 2 N–H and O–H groups in total. The molecule has 1 aromatic rings. The molecule has 0 bridgehead atoms. The fourth-order valence-electron chi connectivity index (χ4n) is 5.46. The van der Waals surface area contributed by atoms with E-state index in [9.17, 15) is 9.59 Å². The number of amides is 1. The molecule has 1 atom stereocenters. The van der Waals surface area contributed by atoms with Gasteiger partial charge in [-0.25, -0.2) is 0 Å². The fraction of sp³-hybridized carbons (Fsp3) is 0.485. The second kappa shape index (κ2) is 16.0. The lowest BCUT2D eigenvalue weighted by Gasteiger charge is -2.34. The molecule has 1 heterocycles. The van der Waals surface area contributed by atoms with Gasteiger partial charge in [0.05, 0.1) is 17.7 Å². The lowest BCUT2D eigenvalue weighted by molar-refractivity contribution is -0.122. The van der Waals surface area contributed by atoms with E-state index in [1.807, 2.05) is 37.2 Å². The number of benzene rings is 1. The summed E-state index contributed by atoms with van der Waals surface area (Å²) in [7, 11) is 1.84. The standard InChI is InChI=1S/C33H47N5O3/c1-7-19-37(8-2)27-11-9-26(10-12-27)15-18-36-33(40)29-13-14-30(31(34-5)22-24(29)3)32(25(4)23-39)38(35-6)28-16-20-41-21-17-28/h9-14,22-23,28-29,34H,6-8,15-21H2,1-5H3,(H,36,40)/b32-25+. The number of hydrazone groups is 1. The van der Waals surface area contributed by atoms with Gasteiger partial charge in [-0.1, -0.05) is 36.8 Å². The van der Waals surface area contributed by atoms with Crippen LogP contribution in [0.4, 0.5) is 5.69 Å². The second-order valence-electron chi connectivity index (χ2n) is 10.6. The van der Waals surface area contributed by atoms with Crippen LogP contribution in [0.3, 0.4) is 0 Å². The highest BCUT2D eigenvalue weighted by Crippen LogP contribution is 2.32. The molecule has 222 valence electrons. The number of allylic oxidation sites excluding steroid dienone is 3. The molecule has 8 nitrogen and oxygen atoms in total. The van der Waals surface area contributed by atoms with Crippen LogP contribution in [-0.2, 0) is 20.7 Å². The molecule has 3 rings (SSSR count). The Morgan fingerprint density at radius 2 is 1.90 bits per heavy atom. The Kier molecular flexibility index (Phi) is 12.4. The van der Waals surface area contributed by atoms with Gasteiger partial charge >= 0.3 is 0 Å². The molecule has 1 fully saturated rings. The predicted molar refractivity (Wildman–Crippen MR) is 168 cm³/mol. The fourth-order valence-corrected chi connectivity index (χ4v) is 5.46. The van der Waals surface area contributed by atoms with Gasteiger partial charge in [0.2, 0.25) is 5.91 Å². The average Bonchev–Trinajstić information content (AvgIpc) is 3.17. The molecular formula is C33H47N5O3. The molecule has 1 unspecified atom stereocenters. The minimum Gasteiger partial charge on any atom is -0.388 e. The lowest BCUT2D eigenvalue weighted by Crippen LogP contribution is -2.36. The normalized spacial score (nSPS) is 18.2. The smallest absolute Gasteiger partial charge is 0.231 e. The third-order valence-corrected chi connectivity index (χ3v) is 7.77. The number of aldehydes is 1. The zero-order valence-electron chi connectivity index (χ0n) is 25.4. The highest BCUT2D eigenvalue weighted by molar-refractivity contribution is 5.84. The zero-order chi connectivity index (χ0) is 29.8. The van der Waals surface area contributed by atoms with Crippen molar-refractivity contribution in [2.75, 3.05) is 44.8 Å². The van der Waals surface area contributed by atoms with Crippen LogP contribution in [-0.4, -0.2) is 69.9 Å². The summed E-state index contributed by atoms with van der Waals surface area (Å²) in [6, 6.07) is 8.69. The maximum absolute atomic E-state index is 13.3. The topological polar surface area (TPSA) is 86.3 Å². The Hall–Kier alpha value is -3.65. The maximum Gasteiger partial charge on any atom is 0.231 e. The number of rotatable bonds is 14. The molecule has 1 saturated heterocycles. The van der Waals surface area contributed by atoms with Crippen molar-refractivity contribution in [3.8, 4) is 0 Å². The van der Waals surface area contributed by atoms with Crippen LogP contribution < -0.4 is 15.5 Å². The number of ether oxygens (including phenoxy) is 1. The van der Waals surface area contributed by atoms with Crippen LogP contribution in [0.15, 0.2) is 75.7 Å². The molecule has 0 radical (unpaired) electrons. The quantitative estimate of drug-likeness (QED) is 0.148. The third-order valence-electron chi connectivity index (χ3n) is 7.77. The van der Waals surface area contributed by atoms with Gasteiger partial charge < -0.3 is 20.3 Å². The van der Waals surface area contributed by atoms with E-state index < -0.39 is 5.92 Å². The first-order chi connectivity index (χ1) is 19.9. The lowest BCUT2D eigenvalue weighted by atomic mass is 9.99. The van der Waals surface area contributed by atoms with E-state index in [1.54, 1.807) is 6.92 Å². The average molecular weight is 562 g/mol. The first kappa shape index (κ1) is 31.9. The van der Waals surface area contributed by atoms with E-state index in [0.717, 1.165) is 61.9 Å². The van der Waals surface area contributed by atoms with Crippen LogP contribution in [0.2, 0.25) is 0 Å². The monoisotopic (exact) mass is 561 g/mol. The summed E-state index contributed by atoms with van der Waals surface area (Å²) in [5, 5.41) is 12.6. The SMILES string of the molecule is C=NN(/C(C1=C(NC)C=C(C)C(C(=O)NCCc2ccc(N(CC)CCC)cc2)C=C1)=C(\C)C=O)C1CCOCC1. The second-order valence-corrected chi connectivity index (χ2v) is 10.6. The minimum atomic E-state index is -0.434. The number of likely N-dealkylation sites (N-methyl/N-ethyl adjacent to an activating group) is 1. The van der Waals surface area contributed by atoms with Crippen molar-refractivity contribution in [3.05, 3.63) is 76.2 Å². The van der Waals surface area contributed by atoms with Crippen molar-refractivity contribution >= 4 is 24.6 Å². The van der Waals surface area contributed by atoms with Crippen molar-refractivity contribution in [2.45, 2.75) is 59.4 Å². The molecule has 41 heavy (non-hydrogen) atoms.